The molecule has 0 saturated heterocycles. The smallest absolute Gasteiger partial charge is 0.140 e. The summed E-state index contributed by atoms with van der Waals surface area (Å²) in [7, 11) is 0. The van der Waals surface area contributed by atoms with Crippen LogP contribution in [-0.2, 0) is 11.3 Å². The zero-order valence-electron chi connectivity index (χ0n) is 8.82. The maximum atomic E-state index is 13.0. The minimum atomic E-state index is -0.489. The zero-order valence-corrected chi connectivity index (χ0v) is 8.82. The number of ether oxygens (including phenoxy) is 1. The van der Waals surface area contributed by atoms with Gasteiger partial charge in [0.25, 0.3) is 0 Å². The average molecular weight is 220 g/mol. The summed E-state index contributed by atoms with van der Waals surface area (Å²) in [5.41, 5.74) is 6.51. The Labute approximate surface area is 93.6 Å². The highest BCUT2D eigenvalue weighted by atomic mass is 19.1. The third kappa shape index (κ3) is 2.38. The minimum absolute atomic E-state index is 0.0615. The average Bonchev–Trinajstić information content (AvgIpc) is 2.24. The molecule has 0 bridgehead atoms. The van der Waals surface area contributed by atoms with Gasteiger partial charge in [-0.2, -0.15) is 5.26 Å². The van der Waals surface area contributed by atoms with Crippen LogP contribution in [0.25, 0.3) is 0 Å². The second kappa shape index (κ2) is 4.60. The van der Waals surface area contributed by atoms with Crippen LogP contribution in [0, 0.1) is 17.1 Å². The van der Waals surface area contributed by atoms with Crippen LogP contribution in [0.5, 0.6) is 0 Å². The van der Waals surface area contributed by atoms with Crippen molar-refractivity contribution in [2.45, 2.75) is 31.6 Å². The van der Waals surface area contributed by atoms with Gasteiger partial charge in [-0.1, -0.05) is 6.07 Å². The molecule has 1 saturated carbocycles. The quantitative estimate of drug-likeness (QED) is 0.843. The van der Waals surface area contributed by atoms with Crippen molar-refractivity contribution < 1.29 is 9.13 Å². The number of nitriles is 1. The van der Waals surface area contributed by atoms with Crippen molar-refractivity contribution in [1.82, 2.24) is 0 Å². The number of hydrogen-bond donors (Lipinski definition) is 1. The number of halogens is 1. The maximum Gasteiger partial charge on any atom is 0.140 e. The second-order valence-electron chi connectivity index (χ2n) is 4.09. The number of nitrogens with zero attached hydrogens (tertiary/aromatic N) is 1. The van der Waals surface area contributed by atoms with Crippen molar-refractivity contribution in [1.29, 1.82) is 5.26 Å². The molecule has 2 N–H and O–H groups in total. The largest absolute Gasteiger partial charge is 0.373 e. The molecule has 0 unspecified atom stereocenters. The van der Waals surface area contributed by atoms with Gasteiger partial charge < -0.3 is 10.5 Å². The summed E-state index contributed by atoms with van der Waals surface area (Å²) in [5.74, 6) is -0.489. The molecule has 0 aromatic heterocycles. The number of nitrogens with two attached hydrogens (primary N) is 1. The Bertz CT molecular complexity index is 422. The fourth-order valence-electron chi connectivity index (χ4n) is 1.70. The molecule has 0 atom stereocenters. The highest BCUT2D eigenvalue weighted by molar-refractivity contribution is 5.34. The van der Waals surface area contributed by atoms with Crippen molar-refractivity contribution in [3.8, 4) is 6.07 Å². The summed E-state index contributed by atoms with van der Waals surface area (Å²) in [6, 6.07) is 6.52. The highest BCUT2D eigenvalue weighted by Gasteiger charge is 2.26. The SMILES string of the molecule is N#Cc1cc(COC2CC(N)C2)ccc1F. The summed E-state index contributed by atoms with van der Waals surface area (Å²) in [4.78, 5) is 0. The maximum absolute atomic E-state index is 13.0. The van der Waals surface area contributed by atoms with Crippen LogP contribution in [0.3, 0.4) is 0 Å². The first-order valence-corrected chi connectivity index (χ1v) is 5.24. The lowest BCUT2D eigenvalue weighted by atomic mass is 9.90. The number of benzene rings is 1. The molecule has 1 fully saturated rings. The monoisotopic (exact) mass is 220 g/mol. The third-order valence-electron chi connectivity index (χ3n) is 2.77. The van der Waals surface area contributed by atoms with Gasteiger partial charge in [0.15, 0.2) is 0 Å². The van der Waals surface area contributed by atoms with Crippen LogP contribution >= 0.6 is 0 Å². The van der Waals surface area contributed by atoms with Crippen LogP contribution in [0.15, 0.2) is 18.2 Å². The van der Waals surface area contributed by atoms with E-state index >= 15 is 0 Å². The normalized spacial score (nSPS) is 23.6. The molecule has 0 radical (unpaired) electrons. The van der Waals surface area contributed by atoms with E-state index in [2.05, 4.69) is 0 Å². The van der Waals surface area contributed by atoms with Crippen molar-refractivity contribution >= 4 is 0 Å². The molecule has 1 aliphatic carbocycles. The van der Waals surface area contributed by atoms with Gasteiger partial charge in [-0.05, 0) is 30.5 Å². The Balaban J connectivity index is 1.92. The van der Waals surface area contributed by atoms with E-state index in [1.807, 2.05) is 6.07 Å². The molecule has 0 spiro atoms. The Morgan fingerprint density at radius 3 is 2.88 bits per heavy atom. The summed E-state index contributed by atoms with van der Waals surface area (Å²) >= 11 is 0. The zero-order chi connectivity index (χ0) is 11.5. The first-order valence-electron chi connectivity index (χ1n) is 5.24. The van der Waals surface area contributed by atoms with Gasteiger partial charge >= 0.3 is 0 Å². The molecule has 1 aliphatic rings. The molecule has 4 heteroatoms. The number of rotatable bonds is 3. The molecule has 3 nitrogen and oxygen atoms in total. The Morgan fingerprint density at radius 2 is 2.25 bits per heavy atom. The van der Waals surface area contributed by atoms with E-state index in [1.54, 1.807) is 6.07 Å². The Hall–Kier alpha value is -1.44. The van der Waals surface area contributed by atoms with Crippen LogP contribution in [-0.4, -0.2) is 12.1 Å². The fraction of sp³-hybridized carbons (Fsp3) is 0.417. The van der Waals surface area contributed by atoms with Crippen LogP contribution in [0.2, 0.25) is 0 Å². The molecule has 0 amide bonds. The Morgan fingerprint density at radius 1 is 1.50 bits per heavy atom. The molecule has 1 aromatic carbocycles. The van der Waals surface area contributed by atoms with Crippen molar-refractivity contribution in [3.05, 3.63) is 35.1 Å². The van der Waals surface area contributed by atoms with Crippen molar-refractivity contribution in [2.24, 2.45) is 5.73 Å². The van der Waals surface area contributed by atoms with Gasteiger partial charge in [-0.15, -0.1) is 0 Å². The Kier molecular flexibility index (Phi) is 3.18. The summed E-state index contributed by atoms with van der Waals surface area (Å²) in [6.07, 6.45) is 1.98. The molecule has 2 rings (SSSR count). The van der Waals surface area contributed by atoms with Crippen LogP contribution < -0.4 is 5.73 Å². The predicted octanol–water partition coefficient (Wildman–Crippen LogP) is 1.70. The lowest BCUT2D eigenvalue weighted by molar-refractivity contribution is -0.0188. The van der Waals surface area contributed by atoms with E-state index in [0.717, 1.165) is 18.4 Å². The summed E-state index contributed by atoms with van der Waals surface area (Å²) in [6.45, 7) is 0.409. The van der Waals surface area contributed by atoms with Gasteiger partial charge in [0.2, 0.25) is 0 Å². The van der Waals surface area contributed by atoms with E-state index in [9.17, 15) is 4.39 Å². The first-order chi connectivity index (χ1) is 7.69. The van der Waals surface area contributed by atoms with E-state index in [-0.39, 0.29) is 17.7 Å². The molecule has 0 heterocycles. The van der Waals surface area contributed by atoms with Gasteiger partial charge in [0, 0.05) is 6.04 Å². The third-order valence-corrected chi connectivity index (χ3v) is 2.77. The summed E-state index contributed by atoms with van der Waals surface area (Å²) < 4.78 is 18.6. The standard InChI is InChI=1S/C12H13FN2O/c13-12-2-1-8(3-9(12)6-14)7-16-11-4-10(15)5-11/h1-3,10-11H,4-5,7,15H2. The van der Waals surface area contributed by atoms with E-state index in [1.165, 1.54) is 12.1 Å². The van der Waals surface area contributed by atoms with Crippen LogP contribution in [0.4, 0.5) is 4.39 Å². The van der Waals surface area contributed by atoms with E-state index < -0.39 is 5.82 Å². The molecule has 1 aromatic rings. The van der Waals surface area contributed by atoms with E-state index in [0.29, 0.717) is 6.61 Å². The lowest BCUT2D eigenvalue weighted by Crippen LogP contribution is -2.41. The highest BCUT2D eigenvalue weighted by Crippen LogP contribution is 2.22. The minimum Gasteiger partial charge on any atom is -0.373 e. The van der Waals surface area contributed by atoms with Gasteiger partial charge in [-0.3, -0.25) is 0 Å². The van der Waals surface area contributed by atoms with Gasteiger partial charge in [0.1, 0.15) is 11.9 Å². The first kappa shape index (κ1) is 11.1. The topological polar surface area (TPSA) is 59.0 Å². The molecule has 0 aliphatic heterocycles. The lowest BCUT2D eigenvalue weighted by Gasteiger charge is -2.32. The molecular formula is C12H13FN2O. The van der Waals surface area contributed by atoms with Gasteiger partial charge in [0.05, 0.1) is 18.3 Å². The van der Waals surface area contributed by atoms with Crippen molar-refractivity contribution in [2.75, 3.05) is 0 Å². The van der Waals surface area contributed by atoms with Crippen LogP contribution in [0.1, 0.15) is 24.0 Å². The molecule has 84 valence electrons. The second-order valence-corrected chi connectivity index (χ2v) is 4.09. The van der Waals surface area contributed by atoms with E-state index in [4.69, 9.17) is 15.7 Å². The van der Waals surface area contributed by atoms with Gasteiger partial charge in [-0.25, -0.2) is 4.39 Å². The number of hydrogen-bond acceptors (Lipinski definition) is 3. The molecule has 16 heavy (non-hydrogen) atoms. The van der Waals surface area contributed by atoms with Crippen molar-refractivity contribution in [3.63, 3.8) is 0 Å². The fourth-order valence-corrected chi connectivity index (χ4v) is 1.70. The predicted molar refractivity (Wildman–Crippen MR) is 56.9 cm³/mol. The summed E-state index contributed by atoms with van der Waals surface area (Å²) in [5, 5.41) is 8.67. The molecular weight excluding hydrogens is 207 g/mol.